The number of amides is 1. The van der Waals surface area contributed by atoms with Crippen molar-refractivity contribution in [2.75, 3.05) is 20.8 Å². The normalized spacial score (nSPS) is 11.0. The second kappa shape index (κ2) is 9.27. The van der Waals surface area contributed by atoms with Crippen LogP contribution in [-0.4, -0.2) is 36.6 Å². The first kappa shape index (κ1) is 21.5. The van der Waals surface area contributed by atoms with Crippen LogP contribution in [0.2, 0.25) is 0 Å². The molecule has 2 aromatic heterocycles. The van der Waals surface area contributed by atoms with E-state index in [0.29, 0.717) is 29.4 Å². The molecule has 0 aliphatic carbocycles. The Morgan fingerprint density at radius 2 is 1.71 bits per heavy atom. The van der Waals surface area contributed by atoms with Crippen LogP contribution in [0.3, 0.4) is 0 Å². The van der Waals surface area contributed by atoms with Gasteiger partial charge in [-0.05, 0) is 36.2 Å². The van der Waals surface area contributed by atoms with Gasteiger partial charge in [0.25, 0.3) is 5.91 Å². The number of rotatable bonds is 7. The van der Waals surface area contributed by atoms with Crippen molar-refractivity contribution in [1.29, 1.82) is 0 Å². The molecule has 3 aromatic carbocycles. The summed E-state index contributed by atoms with van der Waals surface area (Å²) < 4.78 is 11.0. The fraction of sp³-hybridized carbons (Fsp3) is 0.143. The first-order valence-electron chi connectivity index (χ1n) is 11.1. The second-order valence-corrected chi connectivity index (χ2v) is 8.01. The third-order valence-electron chi connectivity index (χ3n) is 5.93. The second-order valence-electron chi connectivity index (χ2n) is 8.01. The van der Waals surface area contributed by atoms with E-state index in [0.717, 1.165) is 33.8 Å². The Balaban J connectivity index is 1.58. The van der Waals surface area contributed by atoms with Crippen LogP contribution in [0.1, 0.15) is 16.1 Å². The topological polar surface area (TPSA) is 76.2 Å². The van der Waals surface area contributed by atoms with Crippen LogP contribution in [0, 0.1) is 0 Å². The molecule has 2 N–H and O–H groups in total. The van der Waals surface area contributed by atoms with Gasteiger partial charge >= 0.3 is 0 Å². The van der Waals surface area contributed by atoms with Gasteiger partial charge in [0, 0.05) is 34.5 Å². The van der Waals surface area contributed by atoms with Crippen molar-refractivity contribution in [2.24, 2.45) is 0 Å². The number of hydrogen-bond donors (Lipinski definition) is 2. The van der Waals surface area contributed by atoms with Gasteiger partial charge in [-0.3, -0.25) is 4.79 Å². The third-order valence-corrected chi connectivity index (χ3v) is 5.93. The minimum atomic E-state index is -0.211. The van der Waals surface area contributed by atoms with E-state index in [1.54, 1.807) is 14.2 Å². The van der Waals surface area contributed by atoms with Gasteiger partial charge in [0.15, 0.2) is 0 Å². The smallest absolute Gasteiger partial charge is 0.269 e. The van der Waals surface area contributed by atoms with Crippen LogP contribution in [0.5, 0.6) is 11.5 Å². The van der Waals surface area contributed by atoms with E-state index in [1.807, 2.05) is 66.7 Å². The molecule has 170 valence electrons. The van der Waals surface area contributed by atoms with Gasteiger partial charge in [0.2, 0.25) is 0 Å². The van der Waals surface area contributed by atoms with Crippen LogP contribution < -0.4 is 14.8 Å². The van der Waals surface area contributed by atoms with Gasteiger partial charge in [0.1, 0.15) is 17.2 Å². The molecular formula is C28H25N3O3. The highest BCUT2D eigenvalue weighted by Gasteiger charge is 2.19. The number of pyridine rings is 1. The van der Waals surface area contributed by atoms with Gasteiger partial charge in [-0.25, -0.2) is 4.98 Å². The van der Waals surface area contributed by atoms with Crippen LogP contribution in [0.25, 0.3) is 33.1 Å². The van der Waals surface area contributed by atoms with Gasteiger partial charge in [-0.15, -0.1) is 0 Å². The summed E-state index contributed by atoms with van der Waals surface area (Å²) in [4.78, 5) is 21.4. The molecule has 0 bridgehead atoms. The summed E-state index contributed by atoms with van der Waals surface area (Å²) in [5.41, 5.74) is 4.80. The lowest BCUT2D eigenvalue weighted by molar-refractivity contribution is 0.0949. The number of aromatic amines is 1. The molecule has 0 atom stereocenters. The Kier molecular flexibility index (Phi) is 5.87. The standard InChI is InChI=1S/C28H25N3O3/c1-33-19-12-13-21(25(16-19)34-2)26-27-22(20-10-6-7-11-23(20)30-27)17-24(31-26)28(32)29-15-14-18-8-4-3-5-9-18/h3-13,16-17,30H,14-15H2,1-2H3,(H,29,32). The fourth-order valence-corrected chi connectivity index (χ4v) is 4.21. The molecule has 0 spiro atoms. The number of ether oxygens (including phenoxy) is 2. The van der Waals surface area contributed by atoms with Crippen LogP contribution in [0.4, 0.5) is 0 Å². The first-order valence-corrected chi connectivity index (χ1v) is 11.1. The van der Waals surface area contributed by atoms with Gasteiger partial charge in [0.05, 0.1) is 25.4 Å². The van der Waals surface area contributed by atoms with E-state index in [-0.39, 0.29) is 5.91 Å². The molecule has 34 heavy (non-hydrogen) atoms. The van der Waals surface area contributed by atoms with Crippen LogP contribution in [0.15, 0.2) is 78.9 Å². The average Bonchev–Trinajstić information content (AvgIpc) is 3.27. The molecule has 2 heterocycles. The Labute approximate surface area is 197 Å². The van der Waals surface area contributed by atoms with Crippen LogP contribution in [-0.2, 0) is 6.42 Å². The maximum atomic E-state index is 13.1. The molecule has 5 aromatic rings. The quantitative estimate of drug-likeness (QED) is 0.349. The first-order chi connectivity index (χ1) is 16.7. The molecular weight excluding hydrogens is 426 g/mol. The molecule has 1 amide bonds. The lowest BCUT2D eigenvalue weighted by atomic mass is 10.0. The highest BCUT2D eigenvalue weighted by atomic mass is 16.5. The summed E-state index contributed by atoms with van der Waals surface area (Å²) in [6.07, 6.45) is 0.751. The summed E-state index contributed by atoms with van der Waals surface area (Å²) in [6, 6.07) is 25.6. The van der Waals surface area contributed by atoms with Crippen molar-refractivity contribution in [3.05, 3.63) is 90.1 Å². The highest BCUT2D eigenvalue weighted by molar-refractivity contribution is 6.13. The number of nitrogens with one attached hydrogen (secondary N) is 2. The Bertz CT molecular complexity index is 1480. The molecule has 0 aliphatic rings. The molecule has 0 saturated heterocycles. The summed E-state index contributed by atoms with van der Waals surface area (Å²) in [5, 5.41) is 4.99. The Hall–Kier alpha value is -4.32. The van der Waals surface area contributed by atoms with E-state index >= 15 is 0 Å². The largest absolute Gasteiger partial charge is 0.497 e. The monoisotopic (exact) mass is 451 g/mol. The third kappa shape index (κ3) is 4.06. The van der Waals surface area contributed by atoms with Crippen molar-refractivity contribution in [3.8, 4) is 22.8 Å². The number of carbonyl (C=O) groups excluding carboxylic acids is 1. The Morgan fingerprint density at radius 1 is 0.912 bits per heavy atom. The predicted molar refractivity (Wildman–Crippen MR) is 135 cm³/mol. The number of methoxy groups -OCH3 is 2. The lowest BCUT2D eigenvalue weighted by Gasteiger charge is -2.12. The van der Waals surface area contributed by atoms with E-state index < -0.39 is 0 Å². The molecule has 5 rings (SSSR count). The summed E-state index contributed by atoms with van der Waals surface area (Å²) >= 11 is 0. The lowest BCUT2D eigenvalue weighted by Crippen LogP contribution is -2.26. The average molecular weight is 452 g/mol. The van der Waals surface area contributed by atoms with Crippen molar-refractivity contribution < 1.29 is 14.3 Å². The van der Waals surface area contributed by atoms with Crippen molar-refractivity contribution in [1.82, 2.24) is 15.3 Å². The number of aromatic nitrogens is 2. The molecule has 0 radical (unpaired) electrons. The zero-order valence-corrected chi connectivity index (χ0v) is 19.1. The highest BCUT2D eigenvalue weighted by Crippen LogP contribution is 2.38. The maximum absolute atomic E-state index is 13.1. The summed E-state index contributed by atoms with van der Waals surface area (Å²) in [6.45, 7) is 0.525. The summed E-state index contributed by atoms with van der Waals surface area (Å²) in [7, 11) is 3.23. The van der Waals surface area contributed by atoms with E-state index in [1.165, 1.54) is 5.56 Å². The minimum absolute atomic E-state index is 0.211. The summed E-state index contributed by atoms with van der Waals surface area (Å²) in [5.74, 6) is 1.09. The van der Waals surface area contributed by atoms with Crippen molar-refractivity contribution >= 4 is 27.7 Å². The number of carbonyl (C=O) groups is 1. The van der Waals surface area contributed by atoms with Gasteiger partial charge in [-0.2, -0.15) is 0 Å². The molecule has 0 saturated carbocycles. The van der Waals surface area contributed by atoms with E-state index in [4.69, 9.17) is 14.5 Å². The molecule has 6 heteroatoms. The number of para-hydroxylation sites is 1. The number of H-pyrrole nitrogens is 1. The SMILES string of the molecule is COc1ccc(-c2nc(C(=O)NCCc3ccccc3)cc3c2[nH]c2ccccc23)c(OC)c1. The fourth-order valence-electron chi connectivity index (χ4n) is 4.21. The zero-order valence-electron chi connectivity index (χ0n) is 19.1. The number of fused-ring (bicyclic) bond motifs is 3. The van der Waals surface area contributed by atoms with Crippen LogP contribution >= 0.6 is 0 Å². The molecule has 6 nitrogen and oxygen atoms in total. The maximum Gasteiger partial charge on any atom is 0.269 e. The number of nitrogens with zero attached hydrogens (tertiary/aromatic N) is 1. The van der Waals surface area contributed by atoms with Crippen molar-refractivity contribution in [2.45, 2.75) is 6.42 Å². The predicted octanol–water partition coefficient (Wildman–Crippen LogP) is 5.37. The van der Waals surface area contributed by atoms with Gasteiger partial charge in [-0.1, -0.05) is 48.5 Å². The minimum Gasteiger partial charge on any atom is -0.497 e. The molecule has 0 fully saturated rings. The number of hydrogen-bond acceptors (Lipinski definition) is 4. The Morgan fingerprint density at radius 3 is 2.50 bits per heavy atom. The zero-order chi connectivity index (χ0) is 23.5. The molecule has 0 unspecified atom stereocenters. The van der Waals surface area contributed by atoms with E-state index in [2.05, 4.69) is 22.4 Å². The number of benzene rings is 3. The van der Waals surface area contributed by atoms with Crippen molar-refractivity contribution in [3.63, 3.8) is 0 Å². The molecule has 0 aliphatic heterocycles. The van der Waals surface area contributed by atoms with Gasteiger partial charge < -0.3 is 19.8 Å². The van der Waals surface area contributed by atoms with E-state index in [9.17, 15) is 4.79 Å².